The molecule has 3 aliphatic rings. The summed E-state index contributed by atoms with van der Waals surface area (Å²) in [6.07, 6.45) is 2.45. The van der Waals surface area contributed by atoms with E-state index in [2.05, 4.69) is 43.0 Å². The predicted octanol–water partition coefficient (Wildman–Crippen LogP) is 4.40. The molecule has 2 aromatic carbocycles. The number of fused-ring (bicyclic) bond motifs is 2. The number of nitrogens with zero attached hydrogens (tertiary/aromatic N) is 1. The van der Waals surface area contributed by atoms with Crippen LogP contribution in [0.2, 0.25) is 0 Å². The summed E-state index contributed by atoms with van der Waals surface area (Å²) in [7, 11) is 1.72. The molecule has 0 saturated carbocycles. The molecule has 28 heavy (non-hydrogen) atoms. The Bertz CT molecular complexity index is 892. The Kier molecular flexibility index (Phi) is 4.16. The van der Waals surface area contributed by atoms with Crippen LogP contribution in [0.1, 0.15) is 43.7 Å². The molecule has 0 bridgehead atoms. The van der Waals surface area contributed by atoms with Gasteiger partial charge in [0.15, 0.2) is 17.2 Å². The van der Waals surface area contributed by atoms with Gasteiger partial charge >= 0.3 is 0 Å². The summed E-state index contributed by atoms with van der Waals surface area (Å²) in [6, 6.07) is 12.5. The summed E-state index contributed by atoms with van der Waals surface area (Å²) >= 11 is 0. The van der Waals surface area contributed by atoms with Crippen molar-refractivity contribution in [3.8, 4) is 23.0 Å². The van der Waals surface area contributed by atoms with E-state index < -0.39 is 0 Å². The molecule has 3 heterocycles. The van der Waals surface area contributed by atoms with Gasteiger partial charge in [-0.15, -0.1) is 0 Å². The van der Waals surface area contributed by atoms with Gasteiger partial charge in [-0.3, -0.25) is 4.90 Å². The van der Waals surface area contributed by atoms with Gasteiger partial charge in [0.1, 0.15) is 11.5 Å². The Balaban J connectivity index is 1.66. The molecule has 0 aliphatic carbocycles. The zero-order valence-corrected chi connectivity index (χ0v) is 16.7. The van der Waals surface area contributed by atoms with Crippen molar-refractivity contribution in [1.29, 1.82) is 0 Å². The predicted molar refractivity (Wildman–Crippen MR) is 106 cm³/mol. The van der Waals surface area contributed by atoms with Gasteiger partial charge in [-0.05, 0) is 43.5 Å². The number of hydrogen-bond acceptors (Lipinski definition) is 5. The van der Waals surface area contributed by atoms with Crippen molar-refractivity contribution in [2.45, 2.75) is 38.3 Å². The van der Waals surface area contributed by atoms with Crippen LogP contribution >= 0.6 is 0 Å². The van der Waals surface area contributed by atoms with Crippen LogP contribution in [0.4, 0.5) is 0 Å². The molecule has 0 N–H and O–H groups in total. The second-order valence-electron chi connectivity index (χ2n) is 8.14. The van der Waals surface area contributed by atoms with Crippen molar-refractivity contribution in [3.05, 3.63) is 47.5 Å². The lowest BCUT2D eigenvalue weighted by molar-refractivity contribution is -0.114. The number of ether oxygens (including phenoxy) is 4. The Morgan fingerprint density at radius 3 is 2.54 bits per heavy atom. The molecule has 1 fully saturated rings. The molecule has 5 rings (SSSR count). The zero-order chi connectivity index (χ0) is 19.3. The molecule has 0 aromatic heterocycles. The number of rotatable bonds is 3. The molecule has 5 heteroatoms. The fourth-order valence-electron chi connectivity index (χ4n) is 4.98. The van der Waals surface area contributed by atoms with Crippen LogP contribution in [0, 0.1) is 5.92 Å². The maximum atomic E-state index is 6.71. The average Bonchev–Trinajstić information content (AvgIpc) is 3.39. The SMILES string of the molecule is COc1cccc([C@@H]2c3cc4c(cc3O[C@](C)(N3CCCC3)[C@@H]2C)OCO4)c1. The minimum absolute atomic E-state index is 0.180. The minimum atomic E-state index is -0.370. The van der Waals surface area contributed by atoms with Crippen LogP contribution in [-0.2, 0) is 0 Å². The van der Waals surface area contributed by atoms with Crippen LogP contribution < -0.4 is 18.9 Å². The maximum Gasteiger partial charge on any atom is 0.231 e. The number of hydrogen-bond donors (Lipinski definition) is 0. The monoisotopic (exact) mass is 381 g/mol. The van der Waals surface area contributed by atoms with Crippen LogP contribution in [0.5, 0.6) is 23.0 Å². The lowest BCUT2D eigenvalue weighted by atomic mass is 9.74. The first kappa shape index (κ1) is 17.7. The molecule has 5 nitrogen and oxygen atoms in total. The molecular formula is C23H27NO4. The average molecular weight is 381 g/mol. The molecule has 3 atom stereocenters. The maximum absolute atomic E-state index is 6.71. The fraction of sp³-hybridized carbons (Fsp3) is 0.478. The van der Waals surface area contributed by atoms with Crippen molar-refractivity contribution < 1.29 is 18.9 Å². The van der Waals surface area contributed by atoms with Gasteiger partial charge in [0, 0.05) is 36.6 Å². The van der Waals surface area contributed by atoms with E-state index in [9.17, 15) is 0 Å². The molecule has 2 aromatic rings. The van der Waals surface area contributed by atoms with E-state index in [1.165, 1.54) is 18.4 Å². The standard InChI is InChI=1S/C23H27NO4/c1-15-22(16-7-6-8-17(11-16)25-3)18-12-20-21(27-14-26-20)13-19(18)28-23(15,2)24-9-4-5-10-24/h6-8,11-13,15,22H,4-5,9-10,14H2,1-3H3/t15-,22-,23+/m1/s1. The summed E-state index contributed by atoms with van der Waals surface area (Å²) < 4.78 is 23.5. The van der Waals surface area contributed by atoms with E-state index in [1.807, 2.05) is 12.1 Å². The Morgan fingerprint density at radius 2 is 1.79 bits per heavy atom. The third-order valence-corrected chi connectivity index (χ3v) is 6.69. The highest BCUT2D eigenvalue weighted by Crippen LogP contribution is 2.53. The van der Waals surface area contributed by atoms with Gasteiger partial charge in [0.2, 0.25) is 6.79 Å². The topological polar surface area (TPSA) is 40.2 Å². The quantitative estimate of drug-likeness (QED) is 0.788. The fourth-order valence-corrected chi connectivity index (χ4v) is 4.98. The zero-order valence-electron chi connectivity index (χ0n) is 16.7. The van der Waals surface area contributed by atoms with E-state index in [0.29, 0.717) is 0 Å². The normalized spacial score (nSPS) is 28.7. The summed E-state index contributed by atoms with van der Waals surface area (Å²) in [6.45, 7) is 6.96. The molecule has 0 amide bonds. The third-order valence-electron chi connectivity index (χ3n) is 6.69. The summed E-state index contributed by atoms with van der Waals surface area (Å²) in [4.78, 5) is 2.50. The first-order valence-corrected chi connectivity index (χ1v) is 10.1. The Hall–Kier alpha value is -2.40. The first-order valence-electron chi connectivity index (χ1n) is 10.1. The molecule has 0 radical (unpaired) electrons. The van der Waals surface area contributed by atoms with Crippen molar-refractivity contribution in [2.75, 3.05) is 27.0 Å². The van der Waals surface area contributed by atoms with Crippen molar-refractivity contribution in [3.63, 3.8) is 0 Å². The lowest BCUT2D eigenvalue weighted by Crippen LogP contribution is -2.57. The smallest absolute Gasteiger partial charge is 0.231 e. The lowest BCUT2D eigenvalue weighted by Gasteiger charge is -2.50. The van der Waals surface area contributed by atoms with Gasteiger partial charge in [-0.1, -0.05) is 19.1 Å². The van der Waals surface area contributed by atoms with Crippen LogP contribution in [0.3, 0.4) is 0 Å². The molecule has 3 aliphatic heterocycles. The van der Waals surface area contributed by atoms with E-state index in [4.69, 9.17) is 18.9 Å². The number of methoxy groups -OCH3 is 1. The van der Waals surface area contributed by atoms with Crippen LogP contribution in [-0.4, -0.2) is 37.6 Å². The molecular weight excluding hydrogens is 354 g/mol. The second-order valence-corrected chi connectivity index (χ2v) is 8.14. The van der Waals surface area contributed by atoms with Crippen LogP contribution in [0.15, 0.2) is 36.4 Å². The summed E-state index contributed by atoms with van der Waals surface area (Å²) in [5, 5.41) is 0. The number of likely N-dealkylation sites (tertiary alicyclic amines) is 1. The summed E-state index contributed by atoms with van der Waals surface area (Å²) in [5.41, 5.74) is 2.02. The highest BCUT2D eigenvalue weighted by atomic mass is 16.7. The van der Waals surface area contributed by atoms with Crippen molar-refractivity contribution in [1.82, 2.24) is 4.90 Å². The molecule has 0 spiro atoms. The Morgan fingerprint density at radius 1 is 1.04 bits per heavy atom. The van der Waals surface area contributed by atoms with Crippen molar-refractivity contribution in [2.24, 2.45) is 5.92 Å². The molecule has 1 saturated heterocycles. The van der Waals surface area contributed by atoms with Crippen LogP contribution in [0.25, 0.3) is 0 Å². The minimum Gasteiger partial charge on any atom is -0.497 e. The van der Waals surface area contributed by atoms with Gasteiger partial charge < -0.3 is 18.9 Å². The largest absolute Gasteiger partial charge is 0.497 e. The first-order chi connectivity index (χ1) is 13.6. The summed E-state index contributed by atoms with van der Waals surface area (Å²) in [5.74, 6) is 3.77. The van der Waals surface area contributed by atoms with E-state index in [1.54, 1.807) is 7.11 Å². The molecule has 0 unspecified atom stereocenters. The number of benzene rings is 2. The van der Waals surface area contributed by atoms with Gasteiger partial charge in [0.25, 0.3) is 0 Å². The second kappa shape index (κ2) is 6.59. The van der Waals surface area contributed by atoms with E-state index in [-0.39, 0.29) is 24.4 Å². The van der Waals surface area contributed by atoms with Gasteiger partial charge in [0.05, 0.1) is 7.11 Å². The van der Waals surface area contributed by atoms with Crippen molar-refractivity contribution >= 4 is 0 Å². The van der Waals surface area contributed by atoms with E-state index in [0.717, 1.165) is 41.7 Å². The highest BCUT2D eigenvalue weighted by molar-refractivity contribution is 5.56. The third kappa shape index (κ3) is 2.64. The Labute approximate surface area is 166 Å². The highest BCUT2D eigenvalue weighted by Gasteiger charge is 2.49. The van der Waals surface area contributed by atoms with Gasteiger partial charge in [-0.2, -0.15) is 0 Å². The van der Waals surface area contributed by atoms with Gasteiger partial charge in [-0.25, -0.2) is 0 Å². The van der Waals surface area contributed by atoms with E-state index >= 15 is 0 Å². The molecule has 148 valence electrons.